The third-order valence-electron chi connectivity index (χ3n) is 3.40. The van der Waals surface area contributed by atoms with Crippen LogP contribution in [0.15, 0.2) is 64.6 Å². The molecule has 0 bridgehead atoms. The quantitative estimate of drug-likeness (QED) is 0.335. The maximum absolute atomic E-state index is 11.3. The van der Waals surface area contributed by atoms with Gasteiger partial charge >= 0.3 is 5.69 Å². The van der Waals surface area contributed by atoms with Gasteiger partial charge in [-0.25, -0.2) is 4.98 Å². The van der Waals surface area contributed by atoms with Crippen LogP contribution in [-0.2, 0) is 4.79 Å². The van der Waals surface area contributed by atoms with Gasteiger partial charge in [-0.2, -0.15) is 4.98 Å². The van der Waals surface area contributed by atoms with Gasteiger partial charge in [0.15, 0.2) is 5.03 Å². The van der Waals surface area contributed by atoms with Crippen molar-refractivity contribution in [1.82, 2.24) is 9.97 Å². The fourth-order valence-corrected chi connectivity index (χ4v) is 3.41. The van der Waals surface area contributed by atoms with Crippen LogP contribution in [0.25, 0.3) is 0 Å². The highest BCUT2D eigenvalue weighted by molar-refractivity contribution is 7.99. The molecule has 0 saturated carbocycles. The molecule has 1 amide bonds. The summed E-state index contributed by atoms with van der Waals surface area (Å²) in [6, 6.07) is 13.9. The number of halogens is 1. The molecule has 0 radical (unpaired) electrons. The molecule has 2 N–H and O–H groups in total. The first-order valence-electron chi connectivity index (χ1n) is 8.00. The van der Waals surface area contributed by atoms with Crippen LogP contribution in [0.3, 0.4) is 0 Å². The van der Waals surface area contributed by atoms with Crippen LogP contribution in [0, 0.1) is 10.1 Å². The number of amides is 1. The summed E-state index contributed by atoms with van der Waals surface area (Å²) in [5.41, 5.74) is 1.12. The van der Waals surface area contributed by atoms with Crippen LogP contribution < -0.4 is 10.6 Å². The van der Waals surface area contributed by atoms with Crippen molar-refractivity contribution >= 4 is 52.3 Å². The van der Waals surface area contributed by atoms with Gasteiger partial charge in [-0.05, 0) is 42.5 Å². The minimum absolute atomic E-state index is 0.165. The predicted molar refractivity (Wildman–Crippen MR) is 108 cm³/mol. The molecule has 1 heterocycles. The number of rotatable bonds is 6. The first-order valence-corrected chi connectivity index (χ1v) is 9.19. The Kier molecular flexibility index (Phi) is 6.07. The first-order chi connectivity index (χ1) is 13.4. The Morgan fingerprint density at radius 3 is 2.54 bits per heavy atom. The molecule has 10 heteroatoms. The monoisotopic (exact) mass is 415 g/mol. The summed E-state index contributed by atoms with van der Waals surface area (Å²) in [5, 5.41) is 17.7. The van der Waals surface area contributed by atoms with Crippen molar-refractivity contribution in [2.75, 3.05) is 10.6 Å². The van der Waals surface area contributed by atoms with Crippen molar-refractivity contribution in [3.63, 3.8) is 0 Å². The van der Waals surface area contributed by atoms with E-state index in [1.54, 1.807) is 48.5 Å². The van der Waals surface area contributed by atoms with Crippen molar-refractivity contribution in [3.05, 3.63) is 69.9 Å². The minimum atomic E-state index is -0.529. The molecule has 8 nitrogen and oxygen atoms in total. The van der Waals surface area contributed by atoms with Gasteiger partial charge in [0.1, 0.15) is 6.20 Å². The van der Waals surface area contributed by atoms with Crippen LogP contribution in [0.1, 0.15) is 6.92 Å². The molecule has 0 unspecified atom stereocenters. The Balaban J connectivity index is 1.84. The van der Waals surface area contributed by atoms with Crippen molar-refractivity contribution in [2.45, 2.75) is 16.8 Å². The summed E-state index contributed by atoms with van der Waals surface area (Å²) in [5.74, 6) is 0.0458. The van der Waals surface area contributed by atoms with Gasteiger partial charge in [-0.1, -0.05) is 29.4 Å². The number of nitro groups is 1. The lowest BCUT2D eigenvalue weighted by Crippen LogP contribution is -2.05. The first kappa shape index (κ1) is 19.6. The Labute approximate surface area is 169 Å². The van der Waals surface area contributed by atoms with Gasteiger partial charge < -0.3 is 10.6 Å². The maximum Gasteiger partial charge on any atom is 0.320 e. The largest absolute Gasteiger partial charge is 0.326 e. The Morgan fingerprint density at radius 1 is 1.18 bits per heavy atom. The number of nitrogens with one attached hydrogen (secondary N) is 2. The highest BCUT2D eigenvalue weighted by Crippen LogP contribution is 2.34. The van der Waals surface area contributed by atoms with Gasteiger partial charge in [0, 0.05) is 28.2 Å². The van der Waals surface area contributed by atoms with E-state index in [0.29, 0.717) is 16.4 Å². The number of carbonyl (C=O) groups excluding carboxylic acids is 1. The predicted octanol–water partition coefficient (Wildman–Crippen LogP) is 4.89. The molecular formula is C18H14ClN5O3S. The van der Waals surface area contributed by atoms with Crippen molar-refractivity contribution < 1.29 is 9.72 Å². The second-order valence-corrected chi connectivity index (χ2v) is 7.08. The van der Waals surface area contributed by atoms with Gasteiger partial charge in [0.05, 0.1) is 4.92 Å². The zero-order valence-corrected chi connectivity index (χ0v) is 16.1. The molecule has 0 aliphatic carbocycles. The fraction of sp³-hybridized carbons (Fsp3) is 0.0556. The number of benzene rings is 2. The molecule has 0 aliphatic heterocycles. The number of hydrogen-bond acceptors (Lipinski definition) is 7. The zero-order chi connectivity index (χ0) is 20.1. The molecule has 3 aromatic rings. The summed E-state index contributed by atoms with van der Waals surface area (Å²) in [4.78, 5) is 30.9. The molecule has 0 saturated heterocycles. The number of nitrogens with zero attached hydrogens (tertiary/aromatic N) is 3. The molecule has 0 aliphatic rings. The SMILES string of the molecule is CC(=O)Nc1ccc(Nc2ncc([N+](=O)[O-])c(Sc3cccc(Cl)c3)n2)cc1. The summed E-state index contributed by atoms with van der Waals surface area (Å²) in [6.45, 7) is 1.43. The number of hydrogen-bond donors (Lipinski definition) is 2. The minimum Gasteiger partial charge on any atom is -0.326 e. The van der Waals surface area contributed by atoms with E-state index >= 15 is 0 Å². The summed E-state index contributed by atoms with van der Waals surface area (Å²) in [7, 11) is 0. The Hall–Kier alpha value is -3.17. The van der Waals surface area contributed by atoms with Crippen LogP contribution in [0.2, 0.25) is 5.02 Å². The lowest BCUT2D eigenvalue weighted by molar-refractivity contribution is -0.388. The number of anilines is 3. The lowest BCUT2D eigenvalue weighted by Gasteiger charge is -2.08. The molecule has 142 valence electrons. The van der Waals surface area contributed by atoms with Gasteiger partial charge in [0.25, 0.3) is 0 Å². The third-order valence-corrected chi connectivity index (χ3v) is 4.62. The molecule has 0 spiro atoms. The molecular weight excluding hydrogens is 402 g/mol. The van der Waals surface area contributed by atoms with E-state index in [0.717, 1.165) is 22.9 Å². The highest BCUT2D eigenvalue weighted by Gasteiger charge is 2.19. The van der Waals surface area contributed by atoms with Crippen molar-refractivity contribution in [1.29, 1.82) is 0 Å². The molecule has 0 atom stereocenters. The average Bonchev–Trinajstić information content (AvgIpc) is 2.63. The standard InChI is InChI=1S/C18H14ClN5O3S/c1-11(25)21-13-5-7-14(8-6-13)22-18-20-10-16(24(26)27)17(23-18)28-15-4-2-3-12(19)9-15/h2-10H,1H3,(H,21,25)(H,20,22,23). The second kappa shape index (κ2) is 8.68. The van der Waals surface area contributed by atoms with Gasteiger partial charge in [0.2, 0.25) is 11.9 Å². The van der Waals surface area contributed by atoms with E-state index in [1.807, 2.05) is 0 Å². The average molecular weight is 416 g/mol. The smallest absolute Gasteiger partial charge is 0.320 e. The molecule has 2 aromatic carbocycles. The Bertz CT molecular complexity index is 1030. The van der Waals surface area contributed by atoms with Crippen molar-refractivity contribution in [2.24, 2.45) is 0 Å². The lowest BCUT2D eigenvalue weighted by atomic mass is 10.3. The normalized spacial score (nSPS) is 10.4. The maximum atomic E-state index is 11.3. The van der Waals surface area contributed by atoms with E-state index in [2.05, 4.69) is 20.6 Å². The van der Waals surface area contributed by atoms with Crippen molar-refractivity contribution in [3.8, 4) is 0 Å². The van der Waals surface area contributed by atoms with E-state index in [1.165, 1.54) is 6.92 Å². The zero-order valence-electron chi connectivity index (χ0n) is 14.5. The van der Waals surface area contributed by atoms with Gasteiger partial charge in [-0.15, -0.1) is 0 Å². The van der Waals surface area contributed by atoms with Crippen LogP contribution in [-0.4, -0.2) is 20.8 Å². The van der Waals surface area contributed by atoms with E-state index < -0.39 is 4.92 Å². The third kappa shape index (κ3) is 5.18. The molecule has 0 fully saturated rings. The van der Waals surface area contributed by atoms with E-state index in [-0.39, 0.29) is 22.6 Å². The second-order valence-electron chi connectivity index (χ2n) is 5.58. The van der Waals surface area contributed by atoms with Crippen LogP contribution in [0.5, 0.6) is 0 Å². The van der Waals surface area contributed by atoms with Gasteiger partial charge in [-0.3, -0.25) is 14.9 Å². The summed E-state index contributed by atoms with van der Waals surface area (Å²) >= 11 is 7.10. The highest BCUT2D eigenvalue weighted by atomic mass is 35.5. The fourth-order valence-electron chi connectivity index (χ4n) is 2.23. The Morgan fingerprint density at radius 2 is 1.89 bits per heavy atom. The molecule has 28 heavy (non-hydrogen) atoms. The van der Waals surface area contributed by atoms with E-state index in [9.17, 15) is 14.9 Å². The number of carbonyl (C=O) groups is 1. The van der Waals surface area contributed by atoms with Crippen LogP contribution in [0.4, 0.5) is 23.0 Å². The summed E-state index contributed by atoms with van der Waals surface area (Å²) < 4.78 is 0. The number of aromatic nitrogens is 2. The molecule has 3 rings (SSSR count). The van der Waals surface area contributed by atoms with Crippen LogP contribution >= 0.6 is 23.4 Å². The molecule has 1 aromatic heterocycles. The topological polar surface area (TPSA) is 110 Å². The summed E-state index contributed by atoms with van der Waals surface area (Å²) in [6.07, 6.45) is 1.16. The van der Waals surface area contributed by atoms with E-state index in [4.69, 9.17) is 11.6 Å².